The fraction of sp³-hybridized carbons (Fsp3) is 0.500. The maximum absolute atomic E-state index is 10.6. The summed E-state index contributed by atoms with van der Waals surface area (Å²) in [4.78, 5) is 12.2. The Hall–Kier alpha value is -1.55. The van der Waals surface area contributed by atoms with Crippen LogP contribution in [0.4, 0.5) is 0 Å². The van der Waals surface area contributed by atoms with Crippen molar-refractivity contribution in [3.8, 4) is 5.75 Å². The average Bonchev–Trinajstić information content (AvgIpc) is 2.36. The van der Waals surface area contributed by atoms with Gasteiger partial charge in [-0.15, -0.1) is 0 Å². The molecule has 1 aromatic carbocycles. The maximum atomic E-state index is 10.6. The van der Waals surface area contributed by atoms with Gasteiger partial charge in [-0.1, -0.05) is 6.07 Å². The topological polar surface area (TPSA) is 49.8 Å². The van der Waals surface area contributed by atoms with Gasteiger partial charge in [-0.2, -0.15) is 0 Å². The first kappa shape index (κ1) is 12.9. The van der Waals surface area contributed by atoms with E-state index in [-0.39, 0.29) is 6.10 Å². The second-order valence-corrected chi connectivity index (χ2v) is 4.86. The largest absolute Gasteiger partial charge is 0.488 e. The van der Waals surface area contributed by atoms with Crippen molar-refractivity contribution in [3.05, 3.63) is 29.3 Å². The number of carbonyl (C=O) groups is 1. The van der Waals surface area contributed by atoms with E-state index in [1.54, 1.807) is 4.90 Å². The highest BCUT2D eigenvalue weighted by Gasteiger charge is 2.28. The van der Waals surface area contributed by atoms with Crippen molar-refractivity contribution < 1.29 is 14.6 Å². The van der Waals surface area contributed by atoms with Crippen LogP contribution in [-0.2, 0) is 4.79 Å². The molecular formula is C14H19NO3. The molecule has 0 saturated carbocycles. The molecule has 0 aromatic heterocycles. The Balaban J connectivity index is 2.01. The van der Waals surface area contributed by atoms with Gasteiger partial charge >= 0.3 is 0 Å². The highest BCUT2D eigenvalue weighted by Crippen LogP contribution is 2.21. The zero-order chi connectivity index (χ0) is 13.1. The van der Waals surface area contributed by atoms with Gasteiger partial charge in [-0.25, -0.2) is 0 Å². The molecule has 1 aliphatic heterocycles. The molecule has 4 heteroatoms. The molecule has 1 N–H and O–H groups in total. The minimum absolute atomic E-state index is 0.233. The predicted molar refractivity (Wildman–Crippen MR) is 68.6 cm³/mol. The molecule has 2 unspecified atom stereocenters. The number of carbonyl (C=O) groups excluding carboxylic acids is 1. The number of likely N-dealkylation sites (tertiary alicyclic amines) is 1. The molecule has 1 fully saturated rings. The van der Waals surface area contributed by atoms with E-state index < -0.39 is 6.10 Å². The summed E-state index contributed by atoms with van der Waals surface area (Å²) in [5, 5.41) is 9.93. The number of hydrogen-bond donors (Lipinski definition) is 1. The maximum Gasteiger partial charge on any atom is 0.209 e. The number of ether oxygens (including phenoxy) is 1. The van der Waals surface area contributed by atoms with Gasteiger partial charge in [0.25, 0.3) is 0 Å². The Labute approximate surface area is 107 Å². The van der Waals surface area contributed by atoms with Gasteiger partial charge in [0.15, 0.2) is 0 Å². The molecule has 2 rings (SSSR count). The van der Waals surface area contributed by atoms with Crippen LogP contribution in [0, 0.1) is 13.8 Å². The molecule has 0 aliphatic carbocycles. The summed E-state index contributed by atoms with van der Waals surface area (Å²) < 4.78 is 5.80. The Kier molecular flexibility index (Phi) is 3.87. The molecule has 0 bridgehead atoms. The Morgan fingerprint density at radius 2 is 2.17 bits per heavy atom. The number of piperidine rings is 1. The fourth-order valence-electron chi connectivity index (χ4n) is 2.13. The third kappa shape index (κ3) is 2.82. The van der Waals surface area contributed by atoms with E-state index >= 15 is 0 Å². The van der Waals surface area contributed by atoms with Crippen molar-refractivity contribution >= 4 is 6.41 Å². The Morgan fingerprint density at radius 1 is 1.39 bits per heavy atom. The monoisotopic (exact) mass is 249 g/mol. The molecule has 0 radical (unpaired) electrons. The summed E-state index contributed by atoms with van der Waals surface area (Å²) in [5.41, 5.74) is 2.39. The highest BCUT2D eigenvalue weighted by molar-refractivity contribution is 5.47. The van der Waals surface area contributed by atoms with E-state index in [0.717, 1.165) is 12.2 Å². The van der Waals surface area contributed by atoms with Crippen molar-refractivity contribution in [3.63, 3.8) is 0 Å². The van der Waals surface area contributed by atoms with E-state index in [2.05, 4.69) is 6.92 Å². The molecule has 1 saturated heterocycles. The molecule has 4 nitrogen and oxygen atoms in total. The van der Waals surface area contributed by atoms with Crippen LogP contribution < -0.4 is 4.74 Å². The van der Waals surface area contributed by atoms with Crippen molar-refractivity contribution in [2.45, 2.75) is 32.5 Å². The average molecular weight is 249 g/mol. The first-order valence-electron chi connectivity index (χ1n) is 6.21. The summed E-state index contributed by atoms with van der Waals surface area (Å²) in [6.45, 7) is 5.07. The Morgan fingerprint density at radius 3 is 2.78 bits per heavy atom. The van der Waals surface area contributed by atoms with E-state index in [1.165, 1.54) is 11.1 Å². The second kappa shape index (κ2) is 5.40. The lowest BCUT2D eigenvalue weighted by Crippen LogP contribution is -2.48. The number of benzene rings is 1. The lowest BCUT2D eigenvalue weighted by molar-refractivity contribution is -0.123. The molecule has 0 spiro atoms. The van der Waals surface area contributed by atoms with Crippen molar-refractivity contribution in [2.75, 3.05) is 13.1 Å². The summed E-state index contributed by atoms with van der Waals surface area (Å²) in [7, 11) is 0. The number of aryl methyl sites for hydroxylation is 2. The third-order valence-corrected chi connectivity index (χ3v) is 3.47. The van der Waals surface area contributed by atoms with Crippen LogP contribution in [0.15, 0.2) is 18.2 Å². The highest BCUT2D eigenvalue weighted by atomic mass is 16.5. The van der Waals surface area contributed by atoms with Crippen LogP contribution in [0.5, 0.6) is 5.75 Å². The number of amides is 1. The van der Waals surface area contributed by atoms with Gasteiger partial charge in [0, 0.05) is 19.5 Å². The molecule has 1 aliphatic rings. The lowest BCUT2D eigenvalue weighted by atomic mass is 10.0. The van der Waals surface area contributed by atoms with E-state index in [1.807, 2.05) is 25.1 Å². The van der Waals surface area contributed by atoms with Crippen LogP contribution >= 0.6 is 0 Å². The van der Waals surface area contributed by atoms with Gasteiger partial charge in [0.2, 0.25) is 6.41 Å². The fourth-order valence-corrected chi connectivity index (χ4v) is 2.13. The number of β-amino-alcohol motifs (C(OH)–C–C–N with tert-alkyl or cyclic N) is 1. The van der Waals surface area contributed by atoms with Crippen LogP contribution in [0.25, 0.3) is 0 Å². The molecular weight excluding hydrogens is 230 g/mol. The van der Waals surface area contributed by atoms with E-state index in [9.17, 15) is 9.90 Å². The van der Waals surface area contributed by atoms with Gasteiger partial charge < -0.3 is 14.7 Å². The quantitative estimate of drug-likeness (QED) is 0.821. The van der Waals surface area contributed by atoms with Crippen LogP contribution in [-0.4, -0.2) is 41.7 Å². The normalized spacial score (nSPS) is 23.8. The minimum Gasteiger partial charge on any atom is -0.488 e. The first-order chi connectivity index (χ1) is 8.60. The van der Waals surface area contributed by atoms with Crippen LogP contribution in [0.2, 0.25) is 0 Å². The summed E-state index contributed by atoms with van der Waals surface area (Å²) in [5.74, 6) is 0.779. The van der Waals surface area contributed by atoms with Gasteiger partial charge in [0.05, 0.1) is 0 Å². The van der Waals surface area contributed by atoms with Gasteiger partial charge in [-0.05, 0) is 37.1 Å². The minimum atomic E-state index is -0.620. The summed E-state index contributed by atoms with van der Waals surface area (Å²) >= 11 is 0. The molecule has 18 heavy (non-hydrogen) atoms. The first-order valence-corrected chi connectivity index (χ1v) is 6.21. The number of rotatable bonds is 3. The summed E-state index contributed by atoms with van der Waals surface area (Å²) in [6.07, 6.45) is 0.580. The molecule has 1 amide bonds. The van der Waals surface area contributed by atoms with Crippen molar-refractivity contribution in [2.24, 2.45) is 0 Å². The standard InChI is InChI=1S/C14H19NO3/c1-10-3-4-12(7-11(10)2)18-14-5-6-15(9-16)8-13(14)17/h3-4,7,9,13-14,17H,5-6,8H2,1-2H3. The zero-order valence-corrected chi connectivity index (χ0v) is 10.8. The smallest absolute Gasteiger partial charge is 0.209 e. The van der Waals surface area contributed by atoms with Gasteiger partial charge in [0.1, 0.15) is 18.0 Å². The van der Waals surface area contributed by atoms with Crippen LogP contribution in [0.3, 0.4) is 0 Å². The Bertz CT molecular complexity index is 433. The molecule has 98 valence electrons. The van der Waals surface area contributed by atoms with E-state index in [4.69, 9.17) is 4.74 Å². The van der Waals surface area contributed by atoms with Crippen LogP contribution in [0.1, 0.15) is 17.5 Å². The van der Waals surface area contributed by atoms with Gasteiger partial charge in [-0.3, -0.25) is 4.79 Å². The van der Waals surface area contributed by atoms with Crippen molar-refractivity contribution in [1.29, 1.82) is 0 Å². The number of nitrogens with zero attached hydrogens (tertiary/aromatic N) is 1. The number of hydrogen-bond acceptors (Lipinski definition) is 3. The zero-order valence-electron chi connectivity index (χ0n) is 10.8. The summed E-state index contributed by atoms with van der Waals surface area (Å²) in [6, 6.07) is 5.91. The lowest BCUT2D eigenvalue weighted by Gasteiger charge is -2.33. The predicted octanol–water partition coefficient (Wildman–Crippen LogP) is 1.27. The second-order valence-electron chi connectivity index (χ2n) is 4.86. The number of aliphatic hydroxyl groups is 1. The SMILES string of the molecule is Cc1ccc(OC2CCN(C=O)CC2O)cc1C. The number of aliphatic hydroxyl groups excluding tert-OH is 1. The molecule has 1 aromatic rings. The third-order valence-electron chi connectivity index (χ3n) is 3.47. The van der Waals surface area contributed by atoms with Crippen molar-refractivity contribution in [1.82, 2.24) is 4.90 Å². The molecule has 1 heterocycles. The molecule has 2 atom stereocenters. The van der Waals surface area contributed by atoms with E-state index in [0.29, 0.717) is 19.5 Å².